The lowest BCUT2D eigenvalue weighted by molar-refractivity contribution is -0.118. The zero-order chi connectivity index (χ0) is 14.1. The molecule has 2 amide bonds. The molecule has 0 aliphatic rings. The minimum Gasteiger partial charge on any atom is -0.399 e. The summed E-state index contributed by atoms with van der Waals surface area (Å²) < 4.78 is 0. The third kappa shape index (κ3) is 6.88. The van der Waals surface area contributed by atoms with Crippen molar-refractivity contribution in [2.75, 3.05) is 12.3 Å². The van der Waals surface area contributed by atoms with E-state index in [0.29, 0.717) is 25.1 Å². The first-order valence-corrected chi connectivity index (χ1v) is 6.17. The van der Waals surface area contributed by atoms with Crippen molar-refractivity contribution < 1.29 is 9.59 Å². The van der Waals surface area contributed by atoms with Crippen LogP contribution in [0.5, 0.6) is 0 Å². The number of anilines is 1. The van der Waals surface area contributed by atoms with Gasteiger partial charge in [0.2, 0.25) is 11.8 Å². The Morgan fingerprint density at radius 3 is 2.47 bits per heavy atom. The third-order valence-electron chi connectivity index (χ3n) is 2.51. The van der Waals surface area contributed by atoms with E-state index in [4.69, 9.17) is 11.5 Å². The number of hydrogen-bond donors (Lipinski definition) is 3. The first-order valence-electron chi connectivity index (χ1n) is 6.17. The van der Waals surface area contributed by atoms with Crippen LogP contribution in [0.3, 0.4) is 0 Å². The molecule has 5 nitrogen and oxygen atoms in total. The summed E-state index contributed by atoms with van der Waals surface area (Å²) in [6.45, 7) is 0.540. The SMILES string of the molecule is NC(=O)CCCCNC(=O)/C=C/c1ccc(N)cc1. The lowest BCUT2D eigenvalue weighted by Crippen LogP contribution is -2.22. The monoisotopic (exact) mass is 261 g/mol. The van der Waals surface area contributed by atoms with Crippen molar-refractivity contribution in [3.8, 4) is 0 Å². The molecule has 0 fully saturated rings. The first-order chi connectivity index (χ1) is 9.08. The smallest absolute Gasteiger partial charge is 0.243 e. The molecule has 102 valence electrons. The molecule has 0 aromatic heterocycles. The molecule has 19 heavy (non-hydrogen) atoms. The van der Waals surface area contributed by atoms with Crippen molar-refractivity contribution >= 4 is 23.6 Å². The van der Waals surface area contributed by atoms with Crippen LogP contribution in [0.1, 0.15) is 24.8 Å². The molecule has 5 N–H and O–H groups in total. The van der Waals surface area contributed by atoms with Crippen LogP contribution in [-0.4, -0.2) is 18.4 Å². The molecule has 0 heterocycles. The molecule has 1 aromatic carbocycles. The van der Waals surface area contributed by atoms with Crippen LogP contribution in [0.4, 0.5) is 5.69 Å². The number of nitrogen functional groups attached to an aromatic ring is 1. The number of nitrogens with one attached hydrogen (secondary N) is 1. The molecule has 0 radical (unpaired) electrons. The molecule has 0 unspecified atom stereocenters. The van der Waals surface area contributed by atoms with Crippen molar-refractivity contribution in [1.82, 2.24) is 5.32 Å². The van der Waals surface area contributed by atoms with Crippen molar-refractivity contribution in [1.29, 1.82) is 0 Å². The lowest BCUT2D eigenvalue weighted by Gasteiger charge is -2.01. The van der Waals surface area contributed by atoms with Gasteiger partial charge >= 0.3 is 0 Å². The van der Waals surface area contributed by atoms with E-state index in [2.05, 4.69) is 5.32 Å². The number of carbonyl (C=O) groups excluding carboxylic acids is 2. The molecule has 0 spiro atoms. The van der Waals surface area contributed by atoms with Gasteiger partial charge in [-0.25, -0.2) is 0 Å². The highest BCUT2D eigenvalue weighted by molar-refractivity contribution is 5.91. The van der Waals surface area contributed by atoms with E-state index in [9.17, 15) is 9.59 Å². The highest BCUT2D eigenvalue weighted by Gasteiger charge is 1.97. The summed E-state index contributed by atoms with van der Waals surface area (Å²) in [6.07, 6.45) is 4.98. The second-order valence-corrected chi connectivity index (χ2v) is 4.21. The average Bonchev–Trinajstić information content (AvgIpc) is 2.37. The van der Waals surface area contributed by atoms with Gasteiger partial charge in [0.05, 0.1) is 0 Å². The van der Waals surface area contributed by atoms with Crippen LogP contribution in [0, 0.1) is 0 Å². The fourth-order valence-corrected chi connectivity index (χ4v) is 1.47. The van der Waals surface area contributed by atoms with E-state index in [1.807, 2.05) is 12.1 Å². The Balaban J connectivity index is 2.23. The Labute approximate surface area is 112 Å². The number of rotatable bonds is 7. The fourth-order valence-electron chi connectivity index (χ4n) is 1.47. The average molecular weight is 261 g/mol. The largest absolute Gasteiger partial charge is 0.399 e. The van der Waals surface area contributed by atoms with Crippen molar-refractivity contribution in [2.45, 2.75) is 19.3 Å². The minimum atomic E-state index is -0.311. The van der Waals surface area contributed by atoms with Gasteiger partial charge in [0.1, 0.15) is 0 Å². The van der Waals surface area contributed by atoms with Crippen molar-refractivity contribution in [2.24, 2.45) is 5.73 Å². The highest BCUT2D eigenvalue weighted by Crippen LogP contribution is 2.06. The predicted octanol–water partition coefficient (Wildman–Crippen LogP) is 1.05. The van der Waals surface area contributed by atoms with E-state index in [-0.39, 0.29) is 11.8 Å². The maximum atomic E-state index is 11.5. The Kier molecular flexibility index (Phi) is 6.15. The third-order valence-corrected chi connectivity index (χ3v) is 2.51. The van der Waals surface area contributed by atoms with Crippen LogP contribution in [-0.2, 0) is 9.59 Å². The molecule has 0 aliphatic heterocycles. The molecule has 0 atom stereocenters. The molecule has 1 rings (SSSR count). The maximum Gasteiger partial charge on any atom is 0.243 e. The van der Waals surface area contributed by atoms with Gasteiger partial charge in [-0.1, -0.05) is 12.1 Å². The molecular weight excluding hydrogens is 242 g/mol. The van der Waals surface area contributed by atoms with Crippen molar-refractivity contribution in [3.05, 3.63) is 35.9 Å². The highest BCUT2D eigenvalue weighted by atomic mass is 16.1. The summed E-state index contributed by atoms with van der Waals surface area (Å²) in [5.41, 5.74) is 12.2. The summed E-state index contributed by atoms with van der Waals surface area (Å²) in [7, 11) is 0. The Morgan fingerprint density at radius 1 is 1.16 bits per heavy atom. The molecular formula is C14H19N3O2. The predicted molar refractivity (Wildman–Crippen MR) is 75.9 cm³/mol. The molecule has 0 saturated carbocycles. The van der Waals surface area contributed by atoms with Gasteiger partial charge < -0.3 is 16.8 Å². The number of unbranched alkanes of at least 4 members (excludes halogenated alkanes) is 1. The number of amides is 2. The van der Waals surface area contributed by atoms with Crippen LogP contribution < -0.4 is 16.8 Å². The molecule has 0 aliphatic carbocycles. The van der Waals surface area contributed by atoms with Crippen LogP contribution in [0.25, 0.3) is 6.08 Å². The molecule has 0 bridgehead atoms. The zero-order valence-electron chi connectivity index (χ0n) is 10.8. The van der Waals surface area contributed by atoms with E-state index in [1.165, 1.54) is 6.08 Å². The normalized spacial score (nSPS) is 10.5. The van der Waals surface area contributed by atoms with Crippen LogP contribution in [0.2, 0.25) is 0 Å². The van der Waals surface area contributed by atoms with Gasteiger partial charge in [-0.2, -0.15) is 0 Å². The zero-order valence-corrected chi connectivity index (χ0v) is 10.8. The standard InChI is InChI=1S/C14H19N3O2/c15-12-7-4-11(5-8-12)6-9-14(19)17-10-2-1-3-13(16)18/h4-9H,1-3,10,15H2,(H2,16,18)(H,17,19)/b9-6+. The van der Waals surface area contributed by atoms with Gasteiger partial charge in [-0.3, -0.25) is 9.59 Å². The van der Waals surface area contributed by atoms with Gasteiger partial charge in [0, 0.05) is 24.7 Å². The first kappa shape index (κ1) is 14.8. The van der Waals surface area contributed by atoms with E-state index in [0.717, 1.165) is 12.0 Å². The van der Waals surface area contributed by atoms with E-state index < -0.39 is 0 Å². The van der Waals surface area contributed by atoms with Crippen LogP contribution >= 0.6 is 0 Å². The second kappa shape index (κ2) is 7.92. The van der Waals surface area contributed by atoms with Gasteiger partial charge in [0.25, 0.3) is 0 Å². The van der Waals surface area contributed by atoms with Gasteiger partial charge in [0.15, 0.2) is 0 Å². The summed E-state index contributed by atoms with van der Waals surface area (Å²) in [6, 6.07) is 7.24. The molecule has 0 saturated heterocycles. The quantitative estimate of drug-likeness (QED) is 0.389. The number of benzene rings is 1. The summed E-state index contributed by atoms with van der Waals surface area (Å²) >= 11 is 0. The number of nitrogens with two attached hydrogens (primary N) is 2. The Bertz CT molecular complexity index is 452. The summed E-state index contributed by atoms with van der Waals surface area (Å²) in [5.74, 6) is -0.467. The molecule has 5 heteroatoms. The van der Waals surface area contributed by atoms with Crippen molar-refractivity contribution in [3.63, 3.8) is 0 Å². The van der Waals surface area contributed by atoms with E-state index in [1.54, 1.807) is 18.2 Å². The van der Waals surface area contributed by atoms with E-state index >= 15 is 0 Å². The Hall–Kier alpha value is -2.30. The minimum absolute atomic E-state index is 0.157. The summed E-state index contributed by atoms with van der Waals surface area (Å²) in [5, 5.41) is 2.74. The van der Waals surface area contributed by atoms with Gasteiger partial charge in [-0.05, 0) is 36.6 Å². The maximum absolute atomic E-state index is 11.5. The number of primary amides is 1. The number of hydrogen-bond acceptors (Lipinski definition) is 3. The fraction of sp³-hybridized carbons (Fsp3) is 0.286. The topological polar surface area (TPSA) is 98.2 Å². The number of carbonyl (C=O) groups is 2. The second-order valence-electron chi connectivity index (χ2n) is 4.21. The Morgan fingerprint density at radius 2 is 1.84 bits per heavy atom. The lowest BCUT2D eigenvalue weighted by atomic mass is 10.2. The van der Waals surface area contributed by atoms with Gasteiger partial charge in [-0.15, -0.1) is 0 Å². The van der Waals surface area contributed by atoms with Crippen LogP contribution in [0.15, 0.2) is 30.3 Å². The molecule has 1 aromatic rings. The summed E-state index contributed by atoms with van der Waals surface area (Å²) in [4.78, 5) is 22.0.